The van der Waals surface area contributed by atoms with Crippen molar-refractivity contribution in [3.8, 4) is 22.8 Å². The van der Waals surface area contributed by atoms with Gasteiger partial charge in [-0.05, 0) is 12.1 Å². The Morgan fingerprint density at radius 1 is 1.37 bits per heavy atom. The average Bonchev–Trinajstić information content (AvgIpc) is 2.87. The first-order valence-corrected chi connectivity index (χ1v) is 5.57. The van der Waals surface area contributed by atoms with Crippen LogP contribution < -0.4 is 9.47 Å². The number of rotatable bonds is 4. The van der Waals surface area contributed by atoms with E-state index < -0.39 is 5.97 Å². The third-order valence-corrected chi connectivity index (χ3v) is 2.84. The lowest BCUT2D eigenvalue weighted by molar-refractivity contribution is 0.0652. The Kier molecular flexibility index (Phi) is 3.62. The second-order valence-corrected chi connectivity index (χ2v) is 3.92. The summed E-state index contributed by atoms with van der Waals surface area (Å²) in [5, 5.41) is 12.8. The number of ether oxygens (including phenoxy) is 2. The molecule has 0 bridgehead atoms. The fourth-order valence-electron chi connectivity index (χ4n) is 1.60. The molecule has 0 amide bonds. The molecule has 0 aliphatic heterocycles. The van der Waals surface area contributed by atoms with E-state index in [0.29, 0.717) is 22.8 Å². The molecular weight excluding hydrogens is 274 g/mol. The van der Waals surface area contributed by atoms with Crippen LogP contribution in [0.3, 0.4) is 0 Å². The molecule has 7 heteroatoms. The Bertz CT molecular complexity index is 623. The van der Waals surface area contributed by atoms with Crippen molar-refractivity contribution in [3.63, 3.8) is 0 Å². The number of hydrogen-bond acceptors (Lipinski definition) is 5. The van der Waals surface area contributed by atoms with Crippen molar-refractivity contribution in [3.05, 3.63) is 29.0 Å². The van der Waals surface area contributed by atoms with E-state index in [2.05, 4.69) is 5.16 Å². The smallest absolute Gasteiger partial charge is 0.374 e. The summed E-state index contributed by atoms with van der Waals surface area (Å²) in [6.07, 6.45) is 0. The summed E-state index contributed by atoms with van der Waals surface area (Å²) >= 11 is 6.11. The highest BCUT2D eigenvalue weighted by atomic mass is 35.5. The Hall–Kier alpha value is -2.21. The third-order valence-electron chi connectivity index (χ3n) is 2.48. The van der Waals surface area contributed by atoms with Gasteiger partial charge >= 0.3 is 5.97 Å². The van der Waals surface area contributed by atoms with Gasteiger partial charge in [-0.3, -0.25) is 0 Å². The lowest BCUT2D eigenvalue weighted by atomic mass is 10.1. The lowest BCUT2D eigenvalue weighted by Gasteiger charge is -2.11. The molecule has 2 aromatic rings. The molecule has 1 N–H and O–H groups in total. The average molecular weight is 284 g/mol. The van der Waals surface area contributed by atoms with E-state index in [-0.39, 0.29) is 10.8 Å². The predicted molar refractivity (Wildman–Crippen MR) is 67.0 cm³/mol. The summed E-state index contributed by atoms with van der Waals surface area (Å²) in [6, 6.07) is 4.59. The molecule has 1 aromatic heterocycles. The number of aromatic nitrogens is 1. The van der Waals surface area contributed by atoms with E-state index in [0.717, 1.165) is 0 Å². The zero-order valence-corrected chi connectivity index (χ0v) is 10.9. The van der Waals surface area contributed by atoms with Crippen LogP contribution in [-0.2, 0) is 0 Å². The Morgan fingerprint density at radius 2 is 2.11 bits per heavy atom. The highest BCUT2D eigenvalue weighted by Crippen LogP contribution is 2.41. The fraction of sp³-hybridized carbons (Fsp3) is 0.167. The molecule has 6 nitrogen and oxygen atoms in total. The van der Waals surface area contributed by atoms with Gasteiger partial charge in [-0.25, -0.2) is 4.79 Å². The molecule has 0 aliphatic rings. The molecule has 0 saturated carbocycles. The standard InChI is InChI=1S/C12H10ClNO5/c1-17-8-4-3-6(11(18-2)10(8)13)7-5-9(12(15)16)19-14-7/h3-5H,1-2H3,(H,15,16). The molecule has 0 spiro atoms. The van der Waals surface area contributed by atoms with Gasteiger partial charge in [0.1, 0.15) is 16.5 Å². The van der Waals surface area contributed by atoms with Gasteiger partial charge in [-0.15, -0.1) is 0 Å². The van der Waals surface area contributed by atoms with Gasteiger partial charge in [0.15, 0.2) is 5.75 Å². The van der Waals surface area contributed by atoms with Crippen LogP contribution in [0.2, 0.25) is 5.02 Å². The molecule has 2 rings (SSSR count). The maximum absolute atomic E-state index is 10.8. The highest BCUT2D eigenvalue weighted by Gasteiger charge is 2.19. The highest BCUT2D eigenvalue weighted by molar-refractivity contribution is 6.34. The molecule has 0 unspecified atom stereocenters. The number of benzene rings is 1. The van der Waals surface area contributed by atoms with Crippen molar-refractivity contribution >= 4 is 17.6 Å². The zero-order chi connectivity index (χ0) is 14.0. The monoisotopic (exact) mass is 283 g/mol. The first-order valence-electron chi connectivity index (χ1n) is 5.19. The maximum atomic E-state index is 10.8. The second-order valence-electron chi connectivity index (χ2n) is 3.54. The van der Waals surface area contributed by atoms with Crippen LogP contribution >= 0.6 is 11.6 Å². The van der Waals surface area contributed by atoms with Gasteiger partial charge in [0.05, 0.1) is 14.2 Å². The third kappa shape index (κ3) is 2.34. The molecule has 100 valence electrons. The van der Waals surface area contributed by atoms with E-state index in [1.54, 1.807) is 12.1 Å². The topological polar surface area (TPSA) is 81.8 Å². The zero-order valence-electron chi connectivity index (χ0n) is 10.1. The predicted octanol–water partition coefficient (Wildman–Crippen LogP) is 2.71. The Morgan fingerprint density at radius 3 is 2.63 bits per heavy atom. The van der Waals surface area contributed by atoms with E-state index in [4.69, 9.17) is 30.7 Å². The van der Waals surface area contributed by atoms with E-state index in [9.17, 15) is 4.79 Å². The number of methoxy groups -OCH3 is 2. The van der Waals surface area contributed by atoms with Crippen LogP contribution in [0.15, 0.2) is 22.7 Å². The van der Waals surface area contributed by atoms with Gasteiger partial charge in [0, 0.05) is 11.6 Å². The fourth-order valence-corrected chi connectivity index (χ4v) is 1.92. The van der Waals surface area contributed by atoms with E-state index in [1.807, 2.05) is 0 Å². The van der Waals surface area contributed by atoms with Crippen LogP contribution in [0.4, 0.5) is 0 Å². The molecule has 0 radical (unpaired) electrons. The van der Waals surface area contributed by atoms with Crippen LogP contribution in [0.1, 0.15) is 10.6 Å². The molecule has 0 fully saturated rings. The normalized spacial score (nSPS) is 10.3. The maximum Gasteiger partial charge on any atom is 0.374 e. The van der Waals surface area contributed by atoms with Gasteiger partial charge < -0.3 is 19.1 Å². The number of carboxylic acid groups (broad SMARTS) is 1. The van der Waals surface area contributed by atoms with Gasteiger partial charge in [0.25, 0.3) is 0 Å². The van der Waals surface area contributed by atoms with Crippen LogP contribution in [0, 0.1) is 0 Å². The summed E-state index contributed by atoms with van der Waals surface area (Å²) in [6.45, 7) is 0. The Balaban J connectivity index is 2.55. The van der Waals surface area contributed by atoms with E-state index >= 15 is 0 Å². The SMILES string of the molecule is COc1ccc(-c2cc(C(=O)O)on2)c(OC)c1Cl. The summed E-state index contributed by atoms with van der Waals surface area (Å²) in [5.74, 6) is -0.670. The van der Waals surface area contributed by atoms with E-state index in [1.165, 1.54) is 20.3 Å². The van der Waals surface area contributed by atoms with Crippen molar-refractivity contribution in [1.82, 2.24) is 5.16 Å². The number of hydrogen-bond donors (Lipinski definition) is 1. The van der Waals surface area contributed by atoms with Crippen LogP contribution in [-0.4, -0.2) is 30.5 Å². The molecule has 1 heterocycles. The molecule has 1 aromatic carbocycles. The van der Waals surface area contributed by atoms with Gasteiger partial charge in [-0.1, -0.05) is 16.8 Å². The first kappa shape index (κ1) is 13.2. The largest absolute Gasteiger partial charge is 0.495 e. The molecule has 19 heavy (non-hydrogen) atoms. The number of carboxylic acids is 1. The Labute approximate surface area is 113 Å². The van der Waals surface area contributed by atoms with Crippen LogP contribution in [0.25, 0.3) is 11.3 Å². The van der Waals surface area contributed by atoms with Gasteiger partial charge in [-0.2, -0.15) is 0 Å². The summed E-state index contributed by atoms with van der Waals surface area (Å²) in [5.41, 5.74) is 0.836. The van der Waals surface area contributed by atoms with Crippen molar-refractivity contribution in [1.29, 1.82) is 0 Å². The number of nitrogens with zero attached hydrogens (tertiary/aromatic N) is 1. The minimum atomic E-state index is -1.20. The molecule has 0 aliphatic carbocycles. The molecule has 0 saturated heterocycles. The summed E-state index contributed by atoms with van der Waals surface area (Å²) in [4.78, 5) is 10.8. The molecular formula is C12H10ClNO5. The van der Waals surface area contributed by atoms with Crippen molar-refractivity contribution in [2.45, 2.75) is 0 Å². The second kappa shape index (κ2) is 5.19. The quantitative estimate of drug-likeness (QED) is 0.929. The molecule has 0 atom stereocenters. The summed E-state index contributed by atoms with van der Waals surface area (Å²) in [7, 11) is 2.93. The summed E-state index contributed by atoms with van der Waals surface area (Å²) < 4.78 is 15.0. The van der Waals surface area contributed by atoms with Crippen molar-refractivity contribution in [2.75, 3.05) is 14.2 Å². The van der Waals surface area contributed by atoms with Crippen LogP contribution in [0.5, 0.6) is 11.5 Å². The number of halogens is 1. The van der Waals surface area contributed by atoms with Gasteiger partial charge in [0.2, 0.25) is 5.76 Å². The number of aromatic carboxylic acids is 1. The lowest BCUT2D eigenvalue weighted by Crippen LogP contribution is -1.93. The minimum absolute atomic E-state index is 0.260. The van der Waals surface area contributed by atoms with Crippen molar-refractivity contribution in [2.24, 2.45) is 0 Å². The number of carbonyl (C=O) groups is 1. The first-order chi connectivity index (χ1) is 9.08. The van der Waals surface area contributed by atoms with Crippen molar-refractivity contribution < 1.29 is 23.9 Å². The minimum Gasteiger partial charge on any atom is -0.495 e.